The van der Waals surface area contributed by atoms with Gasteiger partial charge in [0.05, 0.1) is 5.56 Å². The van der Waals surface area contributed by atoms with Gasteiger partial charge in [-0.1, -0.05) is 25.0 Å². The predicted octanol–water partition coefficient (Wildman–Crippen LogP) is 3.74. The van der Waals surface area contributed by atoms with Crippen LogP contribution in [0.1, 0.15) is 54.9 Å². The summed E-state index contributed by atoms with van der Waals surface area (Å²) in [5.74, 6) is 0.910. The highest BCUT2D eigenvalue weighted by atomic mass is 16.1. The Bertz CT molecular complexity index is 462. The molecule has 3 nitrogen and oxygen atoms in total. The second-order valence-corrected chi connectivity index (χ2v) is 5.90. The first-order valence-electron chi connectivity index (χ1n) is 7.73. The molecule has 0 saturated heterocycles. The predicted molar refractivity (Wildman–Crippen MR) is 84.2 cm³/mol. The molecule has 0 atom stereocenters. The summed E-state index contributed by atoms with van der Waals surface area (Å²) in [6, 6.07) is 6.29. The van der Waals surface area contributed by atoms with Crippen LogP contribution < -0.4 is 10.6 Å². The average Bonchev–Trinajstić information content (AvgIpc) is 2.48. The molecule has 0 unspecified atom stereocenters. The monoisotopic (exact) mass is 274 g/mol. The number of nitrogens with one attached hydrogen (secondary N) is 2. The van der Waals surface area contributed by atoms with Gasteiger partial charge in [0.2, 0.25) is 0 Å². The Morgan fingerprint density at radius 2 is 1.95 bits per heavy atom. The first-order chi connectivity index (χ1) is 9.63. The fourth-order valence-electron chi connectivity index (χ4n) is 3.04. The van der Waals surface area contributed by atoms with Crippen molar-refractivity contribution >= 4 is 11.6 Å². The number of anilines is 1. The van der Waals surface area contributed by atoms with Crippen LogP contribution in [-0.2, 0) is 0 Å². The van der Waals surface area contributed by atoms with Crippen LogP contribution in [0.3, 0.4) is 0 Å². The van der Waals surface area contributed by atoms with Gasteiger partial charge < -0.3 is 10.6 Å². The largest absolute Gasteiger partial charge is 0.387 e. The SMILES string of the molecule is CCC1CCC(NC(=O)c2cc(C)ccc2NC)CC1. The summed E-state index contributed by atoms with van der Waals surface area (Å²) in [6.07, 6.45) is 5.99. The summed E-state index contributed by atoms with van der Waals surface area (Å²) in [5.41, 5.74) is 2.77. The maximum atomic E-state index is 12.4. The van der Waals surface area contributed by atoms with E-state index < -0.39 is 0 Å². The zero-order valence-electron chi connectivity index (χ0n) is 12.8. The van der Waals surface area contributed by atoms with Crippen LogP contribution in [0.2, 0.25) is 0 Å². The lowest BCUT2D eigenvalue weighted by Gasteiger charge is -2.28. The Hall–Kier alpha value is -1.51. The molecule has 0 spiro atoms. The number of benzene rings is 1. The molecule has 1 amide bonds. The molecule has 1 aliphatic carbocycles. The number of amides is 1. The maximum absolute atomic E-state index is 12.4. The third kappa shape index (κ3) is 3.53. The molecule has 0 aliphatic heterocycles. The third-order valence-electron chi connectivity index (χ3n) is 4.45. The molecule has 0 aromatic heterocycles. The first-order valence-corrected chi connectivity index (χ1v) is 7.73. The Labute approximate surface area is 122 Å². The lowest BCUT2D eigenvalue weighted by Crippen LogP contribution is -2.37. The fraction of sp³-hybridized carbons (Fsp3) is 0.588. The van der Waals surface area contributed by atoms with Gasteiger partial charge >= 0.3 is 0 Å². The van der Waals surface area contributed by atoms with E-state index in [-0.39, 0.29) is 5.91 Å². The molecule has 3 heteroatoms. The van der Waals surface area contributed by atoms with Crippen molar-refractivity contribution in [1.82, 2.24) is 5.32 Å². The topological polar surface area (TPSA) is 41.1 Å². The van der Waals surface area contributed by atoms with E-state index >= 15 is 0 Å². The van der Waals surface area contributed by atoms with Gasteiger partial charge in [-0.15, -0.1) is 0 Å². The summed E-state index contributed by atoms with van der Waals surface area (Å²) in [6.45, 7) is 4.28. The first kappa shape index (κ1) is 14.9. The van der Waals surface area contributed by atoms with Crippen LogP contribution >= 0.6 is 0 Å². The molecule has 1 saturated carbocycles. The van der Waals surface area contributed by atoms with Crippen molar-refractivity contribution in [2.24, 2.45) is 5.92 Å². The van der Waals surface area contributed by atoms with Crippen LogP contribution in [0.4, 0.5) is 5.69 Å². The van der Waals surface area contributed by atoms with E-state index in [1.54, 1.807) is 0 Å². The van der Waals surface area contributed by atoms with E-state index in [2.05, 4.69) is 17.6 Å². The minimum atomic E-state index is 0.0537. The number of hydrogen-bond donors (Lipinski definition) is 2. The molecular weight excluding hydrogens is 248 g/mol. The van der Waals surface area contributed by atoms with Gasteiger partial charge in [-0.3, -0.25) is 4.79 Å². The Morgan fingerprint density at radius 1 is 1.25 bits per heavy atom. The Morgan fingerprint density at radius 3 is 2.55 bits per heavy atom. The summed E-state index contributed by atoms with van der Waals surface area (Å²) < 4.78 is 0. The summed E-state index contributed by atoms with van der Waals surface area (Å²) in [4.78, 5) is 12.4. The zero-order valence-corrected chi connectivity index (χ0v) is 12.8. The molecule has 1 aliphatic rings. The van der Waals surface area contributed by atoms with Crippen molar-refractivity contribution < 1.29 is 4.79 Å². The lowest BCUT2D eigenvalue weighted by atomic mass is 9.84. The molecule has 2 rings (SSSR count). The van der Waals surface area contributed by atoms with Crippen LogP contribution in [-0.4, -0.2) is 19.0 Å². The van der Waals surface area contributed by atoms with Gasteiger partial charge in [-0.2, -0.15) is 0 Å². The summed E-state index contributed by atoms with van der Waals surface area (Å²) in [7, 11) is 1.86. The molecular formula is C17H26N2O. The third-order valence-corrected chi connectivity index (χ3v) is 4.45. The molecule has 0 radical (unpaired) electrons. The highest BCUT2D eigenvalue weighted by molar-refractivity contribution is 6.00. The van der Waals surface area contributed by atoms with Crippen molar-refractivity contribution in [3.63, 3.8) is 0 Å². The van der Waals surface area contributed by atoms with Gasteiger partial charge in [0, 0.05) is 18.8 Å². The fourth-order valence-corrected chi connectivity index (χ4v) is 3.04. The van der Waals surface area contributed by atoms with Gasteiger partial charge in [-0.25, -0.2) is 0 Å². The molecule has 110 valence electrons. The standard InChI is InChI=1S/C17H26N2O/c1-4-13-6-8-14(9-7-13)19-17(20)15-11-12(2)5-10-16(15)18-3/h5,10-11,13-14,18H,4,6-9H2,1-3H3,(H,19,20). The van der Waals surface area contributed by atoms with Crippen LogP contribution in [0.15, 0.2) is 18.2 Å². The van der Waals surface area contributed by atoms with E-state index in [1.807, 2.05) is 32.2 Å². The van der Waals surface area contributed by atoms with Crippen molar-refractivity contribution in [3.05, 3.63) is 29.3 Å². The zero-order chi connectivity index (χ0) is 14.5. The lowest BCUT2D eigenvalue weighted by molar-refractivity contribution is 0.0922. The van der Waals surface area contributed by atoms with Gasteiger partial charge in [0.15, 0.2) is 0 Å². The Kier molecular flexibility index (Phi) is 5.05. The minimum Gasteiger partial charge on any atom is -0.387 e. The smallest absolute Gasteiger partial charge is 0.253 e. The number of carbonyl (C=O) groups excluding carboxylic acids is 1. The van der Waals surface area contributed by atoms with E-state index in [0.29, 0.717) is 6.04 Å². The van der Waals surface area contributed by atoms with Crippen molar-refractivity contribution in [1.29, 1.82) is 0 Å². The van der Waals surface area contributed by atoms with Gasteiger partial charge in [0.25, 0.3) is 5.91 Å². The molecule has 1 aromatic rings. The normalized spacial score (nSPS) is 22.4. The number of aryl methyl sites for hydroxylation is 1. The molecule has 1 fully saturated rings. The highest BCUT2D eigenvalue weighted by Gasteiger charge is 2.22. The minimum absolute atomic E-state index is 0.0537. The molecule has 20 heavy (non-hydrogen) atoms. The number of rotatable bonds is 4. The van der Waals surface area contributed by atoms with Crippen molar-refractivity contribution in [2.75, 3.05) is 12.4 Å². The van der Waals surface area contributed by atoms with E-state index in [4.69, 9.17) is 0 Å². The van der Waals surface area contributed by atoms with Gasteiger partial charge in [-0.05, 0) is 50.7 Å². The second-order valence-electron chi connectivity index (χ2n) is 5.90. The molecule has 0 heterocycles. The number of carbonyl (C=O) groups is 1. The van der Waals surface area contributed by atoms with E-state index in [9.17, 15) is 4.79 Å². The number of hydrogen-bond acceptors (Lipinski definition) is 2. The molecule has 2 N–H and O–H groups in total. The van der Waals surface area contributed by atoms with Crippen LogP contribution in [0, 0.1) is 12.8 Å². The summed E-state index contributed by atoms with van der Waals surface area (Å²) >= 11 is 0. The van der Waals surface area contributed by atoms with Gasteiger partial charge in [0.1, 0.15) is 0 Å². The van der Waals surface area contributed by atoms with E-state index in [1.165, 1.54) is 19.3 Å². The molecule has 1 aromatic carbocycles. The quantitative estimate of drug-likeness (QED) is 0.878. The average molecular weight is 274 g/mol. The van der Waals surface area contributed by atoms with Crippen LogP contribution in [0.5, 0.6) is 0 Å². The maximum Gasteiger partial charge on any atom is 0.253 e. The van der Waals surface area contributed by atoms with E-state index in [0.717, 1.165) is 35.6 Å². The van der Waals surface area contributed by atoms with Crippen molar-refractivity contribution in [3.8, 4) is 0 Å². The van der Waals surface area contributed by atoms with Crippen molar-refractivity contribution in [2.45, 2.75) is 52.0 Å². The second kappa shape index (κ2) is 6.78. The summed E-state index contributed by atoms with van der Waals surface area (Å²) in [5, 5.41) is 6.30. The molecule has 0 bridgehead atoms. The van der Waals surface area contributed by atoms with Crippen LogP contribution in [0.25, 0.3) is 0 Å². The highest BCUT2D eigenvalue weighted by Crippen LogP contribution is 2.27. The Balaban J connectivity index is 2.00.